The second-order valence-electron chi connectivity index (χ2n) is 4.34. The van der Waals surface area contributed by atoms with Gasteiger partial charge in [-0.2, -0.15) is 0 Å². The van der Waals surface area contributed by atoms with Crippen molar-refractivity contribution in [3.63, 3.8) is 0 Å². The number of benzene rings is 1. The zero-order chi connectivity index (χ0) is 16.1. The first kappa shape index (κ1) is 15.2. The van der Waals surface area contributed by atoms with Crippen molar-refractivity contribution in [2.45, 2.75) is 6.61 Å². The topological polar surface area (TPSA) is 114 Å². The number of aromatic nitrogens is 1. The molecule has 0 radical (unpaired) electrons. The number of pyridine rings is 1. The minimum absolute atomic E-state index is 0.0236. The van der Waals surface area contributed by atoms with E-state index in [1.807, 2.05) is 6.07 Å². The predicted octanol–water partition coefficient (Wildman–Crippen LogP) is 1.68. The molecule has 22 heavy (non-hydrogen) atoms. The fourth-order valence-electron chi connectivity index (χ4n) is 1.81. The van der Waals surface area contributed by atoms with E-state index in [4.69, 9.17) is 4.74 Å². The first-order valence-electron chi connectivity index (χ1n) is 6.33. The van der Waals surface area contributed by atoms with Crippen LogP contribution in [0.15, 0.2) is 41.2 Å². The molecule has 0 unspecified atom stereocenters. The molecular weight excluding hydrogens is 290 g/mol. The van der Waals surface area contributed by atoms with Crippen LogP contribution < -0.4 is 10.9 Å². The summed E-state index contributed by atoms with van der Waals surface area (Å²) in [6.45, 7) is 0.0236. The second kappa shape index (κ2) is 6.53. The molecule has 1 heterocycles. The van der Waals surface area contributed by atoms with E-state index in [9.17, 15) is 19.7 Å². The Hall–Kier alpha value is -3.16. The number of nitro groups is 1. The summed E-state index contributed by atoms with van der Waals surface area (Å²) in [6, 6.07) is 9.89. The number of nitrogens with one attached hydrogen (secondary N) is 2. The summed E-state index contributed by atoms with van der Waals surface area (Å²) in [6.07, 6.45) is 0. The summed E-state index contributed by atoms with van der Waals surface area (Å²) < 4.78 is 5.11. The van der Waals surface area contributed by atoms with Crippen molar-refractivity contribution in [3.05, 3.63) is 68.0 Å². The molecule has 1 aromatic carbocycles. The molecule has 2 rings (SSSR count). The number of carbonyl (C=O) groups is 1. The fraction of sp³-hybridized carbons (Fsp3) is 0.143. The van der Waals surface area contributed by atoms with Gasteiger partial charge in [-0.05, 0) is 5.56 Å². The lowest BCUT2D eigenvalue weighted by molar-refractivity contribution is -0.386. The highest BCUT2D eigenvalue weighted by Gasteiger charge is 2.21. The van der Waals surface area contributed by atoms with E-state index >= 15 is 0 Å². The Kier molecular flexibility index (Phi) is 4.52. The van der Waals surface area contributed by atoms with Crippen LogP contribution in [0.1, 0.15) is 15.9 Å². The Morgan fingerprint density at radius 3 is 2.64 bits per heavy atom. The van der Waals surface area contributed by atoms with Gasteiger partial charge in [0.05, 0.1) is 4.92 Å². The quantitative estimate of drug-likeness (QED) is 0.493. The van der Waals surface area contributed by atoms with E-state index in [0.29, 0.717) is 0 Å². The van der Waals surface area contributed by atoms with Gasteiger partial charge in [0.15, 0.2) is 0 Å². The molecule has 0 saturated heterocycles. The van der Waals surface area contributed by atoms with Crippen molar-refractivity contribution in [2.75, 3.05) is 12.4 Å². The Labute approximate surface area is 124 Å². The fourth-order valence-corrected chi connectivity index (χ4v) is 1.81. The molecule has 114 valence electrons. The second-order valence-corrected chi connectivity index (χ2v) is 4.34. The number of ether oxygens (including phenoxy) is 1. The van der Waals surface area contributed by atoms with Gasteiger partial charge >= 0.3 is 17.2 Å². The lowest BCUT2D eigenvalue weighted by Gasteiger charge is -2.09. The number of anilines is 1. The van der Waals surface area contributed by atoms with Crippen LogP contribution in [0.5, 0.6) is 0 Å². The smallest absolute Gasteiger partial charge is 0.342 e. The number of hydrogen-bond donors (Lipinski definition) is 2. The Bertz CT molecular complexity index is 755. The third kappa shape index (κ3) is 3.29. The maximum absolute atomic E-state index is 12.1. The van der Waals surface area contributed by atoms with E-state index in [-0.39, 0.29) is 18.0 Å². The first-order valence-corrected chi connectivity index (χ1v) is 6.33. The molecule has 0 bridgehead atoms. The third-order valence-electron chi connectivity index (χ3n) is 2.90. The summed E-state index contributed by atoms with van der Waals surface area (Å²) in [5.74, 6) is -0.707. The summed E-state index contributed by atoms with van der Waals surface area (Å²) in [5, 5.41) is 13.4. The van der Waals surface area contributed by atoms with E-state index in [1.165, 1.54) is 7.05 Å². The molecule has 0 fully saturated rings. The normalized spacial score (nSPS) is 10.0. The monoisotopic (exact) mass is 303 g/mol. The van der Waals surface area contributed by atoms with Gasteiger partial charge in [-0.3, -0.25) is 14.9 Å². The standard InChI is InChI=1S/C14H13N3O5/c1-15-12-10(7-11(17(20)21)13(18)16-12)14(19)22-8-9-5-3-2-4-6-9/h2-7H,8H2,1H3,(H2,15,16,18). The van der Waals surface area contributed by atoms with Gasteiger partial charge < -0.3 is 15.0 Å². The van der Waals surface area contributed by atoms with Crippen LogP contribution in [-0.2, 0) is 11.3 Å². The molecule has 0 atom stereocenters. The van der Waals surface area contributed by atoms with Gasteiger partial charge in [0, 0.05) is 13.1 Å². The molecule has 0 amide bonds. The Morgan fingerprint density at radius 1 is 1.36 bits per heavy atom. The highest BCUT2D eigenvalue weighted by atomic mass is 16.6. The lowest BCUT2D eigenvalue weighted by Crippen LogP contribution is -2.18. The van der Waals surface area contributed by atoms with Gasteiger partial charge in [-0.25, -0.2) is 4.79 Å². The van der Waals surface area contributed by atoms with E-state index in [1.54, 1.807) is 24.3 Å². The average Bonchev–Trinajstić information content (AvgIpc) is 2.52. The molecule has 0 aliphatic heterocycles. The van der Waals surface area contributed by atoms with Crippen LogP contribution in [-0.4, -0.2) is 22.9 Å². The van der Waals surface area contributed by atoms with Crippen molar-refractivity contribution in [1.29, 1.82) is 0 Å². The molecule has 0 aliphatic rings. The molecule has 1 aromatic heterocycles. The van der Waals surface area contributed by atoms with Gasteiger partial charge in [0.2, 0.25) is 0 Å². The van der Waals surface area contributed by atoms with Crippen LogP contribution >= 0.6 is 0 Å². The maximum atomic E-state index is 12.1. The molecule has 8 nitrogen and oxygen atoms in total. The molecule has 8 heteroatoms. The summed E-state index contributed by atoms with van der Waals surface area (Å²) in [7, 11) is 1.48. The van der Waals surface area contributed by atoms with Gasteiger partial charge in [0.25, 0.3) is 0 Å². The lowest BCUT2D eigenvalue weighted by atomic mass is 10.2. The maximum Gasteiger partial charge on any atom is 0.342 e. The summed E-state index contributed by atoms with van der Waals surface area (Å²) in [5.41, 5.74) is -0.940. The van der Waals surface area contributed by atoms with Gasteiger partial charge in [-0.15, -0.1) is 0 Å². The molecule has 0 saturated carbocycles. The van der Waals surface area contributed by atoms with Crippen LogP contribution in [0, 0.1) is 10.1 Å². The first-order chi connectivity index (χ1) is 10.5. The van der Waals surface area contributed by atoms with Crippen LogP contribution in [0.3, 0.4) is 0 Å². The van der Waals surface area contributed by atoms with Crippen molar-refractivity contribution >= 4 is 17.5 Å². The number of carbonyl (C=O) groups excluding carboxylic acids is 1. The van der Waals surface area contributed by atoms with E-state index in [2.05, 4.69) is 10.3 Å². The number of nitrogens with zero attached hydrogens (tertiary/aromatic N) is 1. The summed E-state index contributed by atoms with van der Waals surface area (Å²) >= 11 is 0. The predicted molar refractivity (Wildman–Crippen MR) is 78.8 cm³/mol. The summed E-state index contributed by atoms with van der Waals surface area (Å²) in [4.78, 5) is 35.8. The van der Waals surface area contributed by atoms with Crippen molar-refractivity contribution in [2.24, 2.45) is 0 Å². The van der Waals surface area contributed by atoms with Gasteiger partial charge in [0.1, 0.15) is 18.0 Å². The highest BCUT2D eigenvalue weighted by molar-refractivity contribution is 5.95. The largest absolute Gasteiger partial charge is 0.457 e. The Balaban J connectivity index is 2.26. The Morgan fingerprint density at radius 2 is 2.05 bits per heavy atom. The number of hydrogen-bond acceptors (Lipinski definition) is 6. The van der Waals surface area contributed by atoms with Crippen molar-refractivity contribution < 1.29 is 14.5 Å². The third-order valence-corrected chi connectivity index (χ3v) is 2.90. The SMILES string of the molecule is CNc1[nH]c(=O)c([N+](=O)[O-])cc1C(=O)OCc1ccccc1. The van der Waals surface area contributed by atoms with Crippen molar-refractivity contribution in [3.8, 4) is 0 Å². The van der Waals surface area contributed by atoms with Gasteiger partial charge in [-0.1, -0.05) is 30.3 Å². The molecule has 0 aliphatic carbocycles. The van der Waals surface area contributed by atoms with Crippen LogP contribution in [0.25, 0.3) is 0 Å². The number of H-pyrrole nitrogens is 1. The molecule has 2 N–H and O–H groups in total. The average molecular weight is 303 g/mol. The highest BCUT2D eigenvalue weighted by Crippen LogP contribution is 2.17. The van der Waals surface area contributed by atoms with Crippen LogP contribution in [0.2, 0.25) is 0 Å². The number of rotatable bonds is 5. The molecular formula is C14H13N3O5. The van der Waals surface area contributed by atoms with E-state index in [0.717, 1.165) is 11.6 Å². The zero-order valence-corrected chi connectivity index (χ0v) is 11.7. The number of esters is 1. The zero-order valence-electron chi connectivity index (χ0n) is 11.7. The number of aromatic amines is 1. The minimum Gasteiger partial charge on any atom is -0.457 e. The van der Waals surface area contributed by atoms with Crippen LogP contribution in [0.4, 0.5) is 11.5 Å². The minimum atomic E-state index is -0.894. The van der Waals surface area contributed by atoms with Crippen molar-refractivity contribution in [1.82, 2.24) is 4.98 Å². The van der Waals surface area contributed by atoms with E-state index < -0.39 is 22.1 Å². The molecule has 2 aromatic rings. The molecule has 0 spiro atoms.